The number of phenols is 1. The minimum Gasteiger partial charge on any atom is -0.504 e. The largest absolute Gasteiger partial charge is 0.504 e. The van der Waals surface area contributed by atoms with E-state index >= 15 is 0 Å². The van der Waals surface area contributed by atoms with E-state index in [-0.39, 0.29) is 17.9 Å². The van der Waals surface area contributed by atoms with Crippen LogP contribution in [0.5, 0.6) is 11.5 Å². The third-order valence-corrected chi connectivity index (χ3v) is 4.03. The van der Waals surface area contributed by atoms with Crippen LogP contribution in [-0.2, 0) is 16.0 Å². The van der Waals surface area contributed by atoms with Gasteiger partial charge in [0.15, 0.2) is 11.5 Å². The van der Waals surface area contributed by atoms with Crippen LogP contribution in [0.3, 0.4) is 0 Å². The maximum absolute atomic E-state index is 12.3. The summed E-state index contributed by atoms with van der Waals surface area (Å²) in [6.45, 7) is 0. The average Bonchev–Trinajstić information content (AvgIpc) is 3.05. The minimum absolute atomic E-state index is 0.0816. The van der Waals surface area contributed by atoms with Crippen LogP contribution in [0.15, 0.2) is 54.7 Å². The molecule has 138 valence electrons. The van der Waals surface area contributed by atoms with Crippen molar-refractivity contribution in [3.63, 3.8) is 0 Å². The molecule has 0 aliphatic heterocycles. The van der Waals surface area contributed by atoms with Gasteiger partial charge in [-0.25, -0.2) is 9.59 Å². The van der Waals surface area contributed by atoms with E-state index < -0.39 is 18.0 Å². The second-order valence-corrected chi connectivity index (χ2v) is 5.99. The fourth-order valence-electron chi connectivity index (χ4n) is 2.69. The molecule has 7 nitrogen and oxygen atoms in total. The van der Waals surface area contributed by atoms with Gasteiger partial charge in [0, 0.05) is 29.6 Å². The van der Waals surface area contributed by atoms with Gasteiger partial charge in [-0.3, -0.25) is 0 Å². The molecule has 0 fully saturated rings. The number of nitrogens with one attached hydrogen (secondary N) is 1. The van der Waals surface area contributed by atoms with Gasteiger partial charge < -0.3 is 25.7 Å². The lowest BCUT2D eigenvalue weighted by molar-refractivity contribution is -0.136. The quantitative estimate of drug-likeness (QED) is 0.302. The lowest BCUT2D eigenvalue weighted by Crippen LogP contribution is -2.36. The van der Waals surface area contributed by atoms with Gasteiger partial charge in [0.2, 0.25) is 0 Å². The summed E-state index contributed by atoms with van der Waals surface area (Å²) in [5, 5.41) is 19.5. The molecule has 0 aliphatic carbocycles. The van der Waals surface area contributed by atoms with Crippen molar-refractivity contribution < 1.29 is 24.5 Å². The highest BCUT2D eigenvalue weighted by Gasteiger charge is 2.20. The number of carbonyl (C=O) groups excluding carboxylic acids is 1. The Morgan fingerprint density at radius 2 is 2.00 bits per heavy atom. The molecule has 1 heterocycles. The van der Waals surface area contributed by atoms with Gasteiger partial charge in [-0.2, -0.15) is 0 Å². The molecule has 3 rings (SSSR count). The summed E-state index contributed by atoms with van der Waals surface area (Å²) < 4.78 is 5.21. The molecule has 2 aromatic carbocycles. The number of aromatic nitrogens is 1. The first-order valence-electron chi connectivity index (χ1n) is 8.20. The van der Waals surface area contributed by atoms with E-state index in [9.17, 15) is 14.7 Å². The number of H-pyrrole nitrogens is 1. The SMILES string of the molecule is N[C@@H](Cc1c[nH]c2ccccc12)C(=O)Oc1cc(C=CC(=O)O)ccc1O. The van der Waals surface area contributed by atoms with Crippen molar-refractivity contribution in [1.29, 1.82) is 0 Å². The highest BCUT2D eigenvalue weighted by atomic mass is 16.5. The normalized spacial score (nSPS) is 12.3. The van der Waals surface area contributed by atoms with Crippen LogP contribution < -0.4 is 10.5 Å². The van der Waals surface area contributed by atoms with E-state index in [2.05, 4.69) is 4.98 Å². The van der Waals surface area contributed by atoms with Gasteiger partial charge in [0.1, 0.15) is 6.04 Å². The Morgan fingerprint density at radius 1 is 1.22 bits per heavy atom. The molecule has 0 unspecified atom stereocenters. The van der Waals surface area contributed by atoms with E-state index in [1.54, 1.807) is 6.20 Å². The molecule has 7 heteroatoms. The summed E-state index contributed by atoms with van der Waals surface area (Å²) in [5.41, 5.74) is 8.27. The Labute approximate surface area is 154 Å². The number of rotatable bonds is 6. The number of benzene rings is 2. The van der Waals surface area contributed by atoms with Crippen molar-refractivity contribution >= 4 is 28.9 Å². The van der Waals surface area contributed by atoms with Crippen LogP contribution in [0.25, 0.3) is 17.0 Å². The van der Waals surface area contributed by atoms with Gasteiger partial charge in [0.25, 0.3) is 0 Å². The zero-order chi connectivity index (χ0) is 19.4. The van der Waals surface area contributed by atoms with E-state index in [0.717, 1.165) is 22.5 Å². The molecule has 0 aliphatic rings. The van der Waals surface area contributed by atoms with Crippen molar-refractivity contribution in [3.8, 4) is 11.5 Å². The third kappa shape index (κ3) is 4.34. The number of fused-ring (bicyclic) bond motifs is 1. The monoisotopic (exact) mass is 366 g/mol. The number of phenolic OH excluding ortho intramolecular Hbond substituents is 1. The Morgan fingerprint density at radius 3 is 2.78 bits per heavy atom. The van der Waals surface area contributed by atoms with Crippen molar-refractivity contribution in [1.82, 2.24) is 4.98 Å². The smallest absolute Gasteiger partial charge is 0.328 e. The van der Waals surface area contributed by atoms with Gasteiger partial charge >= 0.3 is 11.9 Å². The zero-order valence-corrected chi connectivity index (χ0v) is 14.3. The molecule has 0 saturated heterocycles. The van der Waals surface area contributed by atoms with Gasteiger partial charge in [-0.05, 0) is 35.4 Å². The fourth-order valence-corrected chi connectivity index (χ4v) is 2.69. The summed E-state index contributed by atoms with van der Waals surface area (Å²) >= 11 is 0. The number of para-hydroxylation sites is 1. The molecule has 0 amide bonds. The highest BCUT2D eigenvalue weighted by molar-refractivity contribution is 5.86. The first-order valence-corrected chi connectivity index (χ1v) is 8.20. The molecular formula is C20H18N2O5. The Balaban J connectivity index is 1.72. The number of nitrogens with two attached hydrogens (primary N) is 1. The maximum atomic E-state index is 12.3. The fraction of sp³-hybridized carbons (Fsp3) is 0.100. The number of aliphatic carboxylic acids is 1. The average molecular weight is 366 g/mol. The number of aromatic hydroxyl groups is 1. The molecule has 3 aromatic rings. The molecule has 0 saturated carbocycles. The van der Waals surface area contributed by atoms with Gasteiger partial charge in [0.05, 0.1) is 0 Å². The molecule has 1 atom stereocenters. The number of carboxylic acids is 1. The second-order valence-electron chi connectivity index (χ2n) is 5.99. The number of hydrogen-bond acceptors (Lipinski definition) is 5. The summed E-state index contributed by atoms with van der Waals surface area (Å²) in [5.74, 6) is -2.13. The van der Waals surface area contributed by atoms with Gasteiger partial charge in [-0.15, -0.1) is 0 Å². The predicted molar refractivity (Wildman–Crippen MR) is 100 cm³/mol. The standard InChI is InChI=1S/C20H18N2O5/c21-15(10-13-11-22-16-4-2-1-3-14(13)16)20(26)27-18-9-12(5-7-17(18)23)6-8-19(24)25/h1-9,11,15,22-23H,10,21H2,(H,24,25)/t15-/m0/s1. The lowest BCUT2D eigenvalue weighted by Gasteiger charge is -2.12. The summed E-state index contributed by atoms with van der Waals surface area (Å²) in [6, 6.07) is 10.9. The van der Waals surface area contributed by atoms with E-state index in [4.69, 9.17) is 15.6 Å². The molecule has 0 bridgehead atoms. The lowest BCUT2D eigenvalue weighted by atomic mass is 10.1. The number of carbonyl (C=O) groups is 2. The highest BCUT2D eigenvalue weighted by Crippen LogP contribution is 2.28. The van der Waals surface area contributed by atoms with Crippen LogP contribution >= 0.6 is 0 Å². The van der Waals surface area contributed by atoms with Crippen molar-refractivity contribution in [2.24, 2.45) is 5.73 Å². The number of ether oxygens (including phenoxy) is 1. The molecule has 27 heavy (non-hydrogen) atoms. The molecule has 0 spiro atoms. The van der Waals surface area contributed by atoms with Crippen LogP contribution in [0.1, 0.15) is 11.1 Å². The first kappa shape index (κ1) is 18.2. The molecular weight excluding hydrogens is 348 g/mol. The minimum atomic E-state index is -1.11. The Hall–Kier alpha value is -3.58. The van der Waals surface area contributed by atoms with Crippen molar-refractivity contribution in [2.45, 2.75) is 12.5 Å². The maximum Gasteiger partial charge on any atom is 0.328 e. The topological polar surface area (TPSA) is 126 Å². The van der Waals surface area contributed by atoms with Crippen LogP contribution in [0, 0.1) is 0 Å². The number of esters is 1. The summed E-state index contributed by atoms with van der Waals surface area (Å²) in [4.78, 5) is 26.0. The van der Waals surface area contributed by atoms with Gasteiger partial charge in [-0.1, -0.05) is 24.3 Å². The van der Waals surface area contributed by atoms with E-state index in [1.807, 2.05) is 24.3 Å². The van der Waals surface area contributed by atoms with E-state index in [1.165, 1.54) is 24.3 Å². The molecule has 1 aromatic heterocycles. The number of hydrogen-bond donors (Lipinski definition) is 4. The van der Waals surface area contributed by atoms with Crippen molar-refractivity contribution in [3.05, 3.63) is 65.9 Å². The second kappa shape index (κ2) is 7.76. The number of aromatic amines is 1. The van der Waals surface area contributed by atoms with Crippen LogP contribution in [0.2, 0.25) is 0 Å². The predicted octanol–water partition coefficient (Wildman–Crippen LogP) is 2.45. The van der Waals surface area contributed by atoms with E-state index in [0.29, 0.717) is 5.56 Å². The Bertz CT molecular complexity index is 1020. The first-order chi connectivity index (χ1) is 12.9. The van der Waals surface area contributed by atoms with Crippen LogP contribution in [0.4, 0.5) is 0 Å². The van der Waals surface area contributed by atoms with Crippen LogP contribution in [-0.4, -0.2) is 33.2 Å². The Kier molecular flexibility index (Phi) is 5.23. The molecule has 0 radical (unpaired) electrons. The summed E-state index contributed by atoms with van der Waals surface area (Å²) in [7, 11) is 0. The summed E-state index contributed by atoms with van der Waals surface area (Å²) in [6.07, 6.45) is 4.33. The number of carboxylic acid groups (broad SMARTS) is 1. The van der Waals surface area contributed by atoms with Crippen molar-refractivity contribution in [2.75, 3.05) is 0 Å². The molecule has 5 N–H and O–H groups in total. The third-order valence-electron chi connectivity index (χ3n) is 4.03. The zero-order valence-electron chi connectivity index (χ0n) is 14.3.